The van der Waals surface area contributed by atoms with Gasteiger partial charge in [-0.05, 0) is 38.1 Å². The monoisotopic (exact) mass is 383 g/mol. The molecule has 2 rings (SSSR count). The largest absolute Gasteiger partial charge is 0.312 e. The van der Waals surface area contributed by atoms with E-state index in [1.807, 2.05) is 6.07 Å². The number of carbonyl (C=O) groups is 1. The summed E-state index contributed by atoms with van der Waals surface area (Å²) >= 11 is 5.91. The van der Waals surface area contributed by atoms with Crippen LogP contribution in [-0.4, -0.2) is 26.1 Å². The minimum Gasteiger partial charge on any atom is -0.312 e. The molecule has 4 nitrogen and oxygen atoms in total. The van der Waals surface area contributed by atoms with Crippen molar-refractivity contribution in [1.29, 1.82) is 0 Å². The lowest BCUT2D eigenvalue weighted by atomic mass is 10.2. The number of hydrogen-bond acceptors (Lipinski definition) is 3. The van der Waals surface area contributed by atoms with Crippen LogP contribution in [-0.2, 0) is 20.4 Å². The van der Waals surface area contributed by atoms with Gasteiger partial charge in [0.15, 0.2) is 9.84 Å². The van der Waals surface area contributed by atoms with Crippen molar-refractivity contribution in [2.45, 2.75) is 24.9 Å². The van der Waals surface area contributed by atoms with Gasteiger partial charge in [-0.1, -0.05) is 35.9 Å². The van der Waals surface area contributed by atoms with E-state index in [9.17, 15) is 17.6 Å². The molecule has 134 valence electrons. The van der Waals surface area contributed by atoms with E-state index in [0.29, 0.717) is 12.2 Å². The van der Waals surface area contributed by atoms with Gasteiger partial charge in [0.05, 0.1) is 5.75 Å². The van der Waals surface area contributed by atoms with Gasteiger partial charge in [-0.25, -0.2) is 12.8 Å². The van der Waals surface area contributed by atoms with Crippen LogP contribution in [0.2, 0.25) is 5.02 Å². The Morgan fingerprint density at radius 1 is 1.16 bits per heavy atom. The molecule has 0 heterocycles. The van der Waals surface area contributed by atoms with Crippen molar-refractivity contribution < 1.29 is 17.6 Å². The number of hydrogen-bond donors (Lipinski definition) is 0. The first-order chi connectivity index (χ1) is 11.8. The zero-order valence-electron chi connectivity index (χ0n) is 13.9. The first-order valence-corrected chi connectivity index (χ1v) is 9.88. The van der Waals surface area contributed by atoms with Gasteiger partial charge < -0.3 is 4.90 Å². The topological polar surface area (TPSA) is 54.5 Å². The minimum absolute atomic E-state index is 0.0265. The quantitative estimate of drug-likeness (QED) is 0.761. The van der Waals surface area contributed by atoms with E-state index >= 15 is 0 Å². The Morgan fingerprint density at radius 3 is 2.36 bits per heavy atom. The molecular formula is C18H19ClFNO3S. The van der Waals surface area contributed by atoms with Gasteiger partial charge in [0.1, 0.15) is 11.1 Å². The van der Waals surface area contributed by atoms with Gasteiger partial charge in [-0.3, -0.25) is 4.79 Å². The third kappa shape index (κ3) is 4.38. The van der Waals surface area contributed by atoms with E-state index in [2.05, 4.69) is 0 Å². The van der Waals surface area contributed by atoms with Crippen molar-refractivity contribution in [1.82, 2.24) is 0 Å². The highest BCUT2D eigenvalue weighted by atomic mass is 35.5. The molecule has 25 heavy (non-hydrogen) atoms. The average molecular weight is 384 g/mol. The molecule has 0 aliphatic heterocycles. The van der Waals surface area contributed by atoms with E-state index in [0.717, 1.165) is 6.07 Å². The Morgan fingerprint density at radius 2 is 1.80 bits per heavy atom. The molecular weight excluding hydrogens is 365 g/mol. The molecule has 1 atom stereocenters. The zero-order valence-corrected chi connectivity index (χ0v) is 15.5. The van der Waals surface area contributed by atoms with Crippen LogP contribution in [0.1, 0.15) is 19.4 Å². The van der Waals surface area contributed by atoms with Crippen LogP contribution in [0.4, 0.5) is 10.1 Å². The number of halogens is 2. The Kier molecular flexibility index (Phi) is 6.19. The number of amides is 1. The summed E-state index contributed by atoms with van der Waals surface area (Å²) in [7, 11) is -3.94. The predicted molar refractivity (Wildman–Crippen MR) is 98.0 cm³/mol. The summed E-state index contributed by atoms with van der Waals surface area (Å²) in [5, 5.41) is -1.29. The van der Waals surface area contributed by atoms with Crippen molar-refractivity contribution in [3.8, 4) is 0 Å². The maximum absolute atomic E-state index is 13.9. The Balaban J connectivity index is 2.28. The lowest BCUT2D eigenvalue weighted by molar-refractivity contribution is -0.117. The number of para-hydroxylation sites is 1. The van der Waals surface area contributed by atoms with E-state index in [4.69, 9.17) is 11.6 Å². The summed E-state index contributed by atoms with van der Waals surface area (Å²) in [5.74, 6) is -1.88. The fourth-order valence-corrected chi connectivity index (χ4v) is 4.13. The number of nitrogens with zero attached hydrogens (tertiary/aromatic N) is 1. The molecule has 0 bridgehead atoms. The molecule has 2 aromatic carbocycles. The molecule has 0 aliphatic rings. The number of rotatable bonds is 6. The SMILES string of the molecule is CCN(C(=O)[C@H](C)S(=O)(=O)Cc1c(F)cccc1Cl)c1ccccc1. The summed E-state index contributed by atoms with van der Waals surface area (Å²) in [4.78, 5) is 14.1. The maximum atomic E-state index is 13.9. The highest BCUT2D eigenvalue weighted by Gasteiger charge is 2.33. The molecule has 0 spiro atoms. The Bertz CT molecular complexity index is 836. The minimum atomic E-state index is -3.94. The Labute approximate surface area is 152 Å². The summed E-state index contributed by atoms with van der Waals surface area (Å²) < 4.78 is 39.1. The van der Waals surface area contributed by atoms with Gasteiger partial charge in [0.25, 0.3) is 0 Å². The molecule has 0 aliphatic carbocycles. The number of benzene rings is 2. The van der Waals surface area contributed by atoms with Gasteiger partial charge >= 0.3 is 0 Å². The van der Waals surface area contributed by atoms with Crippen molar-refractivity contribution >= 4 is 33.0 Å². The second kappa shape index (κ2) is 7.97. The van der Waals surface area contributed by atoms with Crippen LogP contribution >= 0.6 is 11.6 Å². The standard InChI is InChI=1S/C18H19ClFNO3S/c1-3-21(14-8-5-4-6-9-14)18(22)13(2)25(23,24)12-15-16(19)10-7-11-17(15)20/h4-11,13H,3,12H2,1-2H3/t13-/m0/s1. The van der Waals surface area contributed by atoms with E-state index in [-0.39, 0.29) is 10.6 Å². The first kappa shape index (κ1) is 19.4. The predicted octanol–water partition coefficient (Wildman–Crippen LogP) is 3.84. The fourth-order valence-electron chi connectivity index (χ4n) is 2.44. The molecule has 0 fully saturated rings. The molecule has 0 unspecified atom stereocenters. The van der Waals surface area contributed by atoms with Crippen LogP contribution in [0.5, 0.6) is 0 Å². The van der Waals surface area contributed by atoms with Crippen LogP contribution in [0.25, 0.3) is 0 Å². The van der Waals surface area contributed by atoms with Gasteiger partial charge in [0.2, 0.25) is 5.91 Å². The number of anilines is 1. The van der Waals surface area contributed by atoms with Gasteiger partial charge in [0, 0.05) is 22.8 Å². The normalized spacial score (nSPS) is 12.6. The number of sulfone groups is 1. The van der Waals surface area contributed by atoms with Crippen LogP contribution in [0.15, 0.2) is 48.5 Å². The second-order valence-corrected chi connectivity index (χ2v) is 8.30. The van der Waals surface area contributed by atoms with Crippen molar-refractivity contribution in [2.24, 2.45) is 0 Å². The summed E-state index contributed by atoms with van der Waals surface area (Å²) in [5.41, 5.74) is 0.493. The molecule has 0 N–H and O–H groups in total. The molecule has 0 radical (unpaired) electrons. The summed E-state index contributed by atoms with van der Waals surface area (Å²) in [6.07, 6.45) is 0. The van der Waals surface area contributed by atoms with Crippen molar-refractivity contribution in [3.63, 3.8) is 0 Å². The lowest BCUT2D eigenvalue weighted by Gasteiger charge is -2.24. The van der Waals surface area contributed by atoms with Crippen molar-refractivity contribution in [2.75, 3.05) is 11.4 Å². The smallest absolute Gasteiger partial charge is 0.245 e. The molecule has 1 amide bonds. The molecule has 0 saturated carbocycles. The van der Waals surface area contributed by atoms with Crippen LogP contribution < -0.4 is 4.90 Å². The average Bonchev–Trinajstić information content (AvgIpc) is 2.59. The van der Waals surface area contributed by atoms with Crippen molar-refractivity contribution in [3.05, 3.63) is 64.9 Å². The maximum Gasteiger partial charge on any atom is 0.245 e. The summed E-state index contributed by atoms with van der Waals surface area (Å²) in [6.45, 7) is 3.40. The van der Waals surface area contributed by atoms with Crippen LogP contribution in [0, 0.1) is 5.82 Å². The highest BCUT2D eigenvalue weighted by molar-refractivity contribution is 7.92. The van der Waals surface area contributed by atoms with E-state index in [1.165, 1.54) is 24.0 Å². The Hall–Kier alpha value is -1.92. The van der Waals surface area contributed by atoms with Crippen LogP contribution in [0.3, 0.4) is 0 Å². The molecule has 7 heteroatoms. The molecule has 2 aromatic rings. The molecule has 0 aromatic heterocycles. The fraction of sp³-hybridized carbons (Fsp3) is 0.278. The highest BCUT2D eigenvalue weighted by Crippen LogP contribution is 2.24. The lowest BCUT2D eigenvalue weighted by Crippen LogP contribution is -2.42. The van der Waals surface area contributed by atoms with E-state index in [1.54, 1.807) is 31.2 Å². The van der Waals surface area contributed by atoms with E-state index < -0.39 is 32.6 Å². The summed E-state index contributed by atoms with van der Waals surface area (Å²) in [6, 6.07) is 12.8. The first-order valence-electron chi connectivity index (χ1n) is 7.78. The number of carbonyl (C=O) groups excluding carboxylic acids is 1. The second-order valence-electron chi connectivity index (χ2n) is 5.57. The third-order valence-corrected chi connectivity index (χ3v) is 6.27. The van der Waals surface area contributed by atoms with Gasteiger partial charge in [-0.15, -0.1) is 0 Å². The third-order valence-electron chi connectivity index (χ3n) is 3.94. The molecule has 0 saturated heterocycles. The zero-order chi connectivity index (χ0) is 18.6. The van der Waals surface area contributed by atoms with Gasteiger partial charge in [-0.2, -0.15) is 0 Å².